The van der Waals surface area contributed by atoms with E-state index in [1.807, 2.05) is 6.92 Å². The van der Waals surface area contributed by atoms with Gasteiger partial charge in [0.25, 0.3) is 5.89 Å². The molecule has 0 spiro atoms. The molecule has 1 heterocycles. The van der Waals surface area contributed by atoms with Crippen molar-refractivity contribution in [3.05, 3.63) is 29.0 Å². The Kier molecular flexibility index (Phi) is 3.61. The second-order valence-corrected chi connectivity index (χ2v) is 3.72. The number of nitrogens with zero attached hydrogens (tertiary/aromatic N) is 2. The molecule has 0 aliphatic carbocycles. The largest absolute Gasteiger partial charge is 0.508 e. The molecule has 0 saturated heterocycles. The van der Waals surface area contributed by atoms with Gasteiger partial charge in [0.05, 0.1) is 10.6 Å². The van der Waals surface area contributed by atoms with Gasteiger partial charge in [-0.15, -0.1) is 0 Å². The van der Waals surface area contributed by atoms with Crippen LogP contribution in [0.3, 0.4) is 0 Å². The summed E-state index contributed by atoms with van der Waals surface area (Å²) < 4.78 is 10.2. The van der Waals surface area contributed by atoms with E-state index in [1.165, 1.54) is 12.1 Å². The first-order valence-corrected chi connectivity index (χ1v) is 5.47. The maximum absolute atomic E-state index is 9.37. The molecule has 2 aromatic rings. The third kappa shape index (κ3) is 2.75. The predicted octanol–water partition coefficient (Wildman–Crippen LogP) is 2.63. The number of benzene rings is 1. The van der Waals surface area contributed by atoms with Crippen LogP contribution >= 0.6 is 11.6 Å². The summed E-state index contributed by atoms with van der Waals surface area (Å²) in [5.41, 5.74) is 0.502. The molecule has 0 bridgehead atoms. The number of rotatable bonds is 4. The Balaban J connectivity index is 2.27. The summed E-state index contributed by atoms with van der Waals surface area (Å²) in [5, 5.41) is 13.6. The van der Waals surface area contributed by atoms with Gasteiger partial charge < -0.3 is 14.4 Å². The van der Waals surface area contributed by atoms with Gasteiger partial charge in [-0.2, -0.15) is 4.98 Å². The van der Waals surface area contributed by atoms with E-state index in [1.54, 1.807) is 6.07 Å². The highest BCUT2D eigenvalue weighted by Gasteiger charge is 2.12. The van der Waals surface area contributed by atoms with E-state index in [2.05, 4.69) is 10.1 Å². The van der Waals surface area contributed by atoms with Crippen molar-refractivity contribution in [2.24, 2.45) is 0 Å². The summed E-state index contributed by atoms with van der Waals surface area (Å²) in [7, 11) is 0. The van der Waals surface area contributed by atoms with E-state index in [9.17, 15) is 5.11 Å². The SMILES string of the molecule is CCOCc1noc(-c2cc(O)ccc2Cl)n1. The van der Waals surface area contributed by atoms with Crippen molar-refractivity contribution in [2.45, 2.75) is 13.5 Å². The second-order valence-electron chi connectivity index (χ2n) is 3.32. The van der Waals surface area contributed by atoms with Crippen molar-refractivity contribution < 1.29 is 14.4 Å². The van der Waals surface area contributed by atoms with Crippen molar-refractivity contribution in [1.29, 1.82) is 0 Å². The zero-order valence-electron chi connectivity index (χ0n) is 9.18. The molecule has 0 saturated carbocycles. The van der Waals surface area contributed by atoms with Gasteiger partial charge in [0, 0.05) is 6.61 Å². The fourth-order valence-corrected chi connectivity index (χ4v) is 1.49. The van der Waals surface area contributed by atoms with Gasteiger partial charge in [0.15, 0.2) is 5.82 Å². The summed E-state index contributed by atoms with van der Waals surface area (Å²) in [6.07, 6.45) is 0. The highest BCUT2D eigenvalue weighted by Crippen LogP contribution is 2.29. The number of halogens is 1. The molecule has 1 aromatic heterocycles. The first-order chi connectivity index (χ1) is 8.20. The molecule has 2 rings (SSSR count). The van der Waals surface area contributed by atoms with E-state index in [0.717, 1.165) is 0 Å². The number of phenols is 1. The van der Waals surface area contributed by atoms with Gasteiger partial charge in [-0.05, 0) is 25.1 Å². The molecule has 0 radical (unpaired) electrons. The quantitative estimate of drug-likeness (QED) is 0.908. The van der Waals surface area contributed by atoms with E-state index < -0.39 is 0 Å². The first kappa shape index (κ1) is 11.9. The van der Waals surface area contributed by atoms with Crippen molar-refractivity contribution in [1.82, 2.24) is 10.1 Å². The normalized spacial score (nSPS) is 10.7. The number of phenolic OH excluding ortho intramolecular Hbond substituents is 1. The standard InChI is InChI=1S/C11H11ClN2O3/c1-2-16-6-10-13-11(17-14-10)8-5-7(15)3-4-9(8)12/h3-5,15H,2,6H2,1H3. The second kappa shape index (κ2) is 5.16. The Morgan fingerprint density at radius 1 is 1.47 bits per heavy atom. The van der Waals surface area contributed by atoms with Crippen LogP contribution in [0.4, 0.5) is 0 Å². The van der Waals surface area contributed by atoms with Crippen LogP contribution in [-0.4, -0.2) is 21.9 Å². The molecule has 0 atom stereocenters. The lowest BCUT2D eigenvalue weighted by Crippen LogP contribution is -1.93. The number of hydrogen-bond donors (Lipinski definition) is 1. The van der Waals surface area contributed by atoms with Gasteiger partial charge in [-0.1, -0.05) is 16.8 Å². The minimum Gasteiger partial charge on any atom is -0.508 e. The smallest absolute Gasteiger partial charge is 0.259 e. The van der Waals surface area contributed by atoms with Gasteiger partial charge in [0.2, 0.25) is 0 Å². The summed E-state index contributed by atoms with van der Waals surface area (Å²) in [5.74, 6) is 0.802. The molecule has 90 valence electrons. The Hall–Kier alpha value is -1.59. The van der Waals surface area contributed by atoms with Crippen LogP contribution in [0.1, 0.15) is 12.7 Å². The van der Waals surface area contributed by atoms with Gasteiger partial charge in [-0.3, -0.25) is 0 Å². The number of aromatic nitrogens is 2. The third-order valence-electron chi connectivity index (χ3n) is 2.08. The summed E-state index contributed by atoms with van der Waals surface area (Å²) in [4.78, 5) is 4.12. The molecule has 1 aromatic carbocycles. The molecule has 0 aliphatic rings. The van der Waals surface area contributed by atoms with Crippen molar-refractivity contribution in [3.8, 4) is 17.2 Å². The molecular formula is C11H11ClN2O3. The average Bonchev–Trinajstić information content (AvgIpc) is 2.78. The third-order valence-corrected chi connectivity index (χ3v) is 2.41. The Morgan fingerprint density at radius 2 is 2.29 bits per heavy atom. The van der Waals surface area contributed by atoms with Crippen molar-refractivity contribution >= 4 is 11.6 Å². The van der Waals surface area contributed by atoms with E-state index >= 15 is 0 Å². The van der Waals surface area contributed by atoms with Gasteiger partial charge in [-0.25, -0.2) is 0 Å². The van der Waals surface area contributed by atoms with E-state index in [0.29, 0.717) is 23.0 Å². The van der Waals surface area contributed by atoms with Crippen LogP contribution in [0.5, 0.6) is 5.75 Å². The van der Waals surface area contributed by atoms with Crippen molar-refractivity contribution in [2.75, 3.05) is 6.61 Å². The highest BCUT2D eigenvalue weighted by molar-refractivity contribution is 6.33. The van der Waals surface area contributed by atoms with Crippen molar-refractivity contribution in [3.63, 3.8) is 0 Å². The highest BCUT2D eigenvalue weighted by atomic mass is 35.5. The molecular weight excluding hydrogens is 244 g/mol. The zero-order chi connectivity index (χ0) is 12.3. The Bertz CT molecular complexity index is 513. The molecule has 0 amide bonds. The lowest BCUT2D eigenvalue weighted by Gasteiger charge is -1.98. The molecule has 5 nitrogen and oxygen atoms in total. The predicted molar refractivity (Wildman–Crippen MR) is 61.7 cm³/mol. The van der Waals surface area contributed by atoms with E-state index in [-0.39, 0.29) is 18.2 Å². The van der Waals surface area contributed by atoms with Crippen LogP contribution in [0.15, 0.2) is 22.7 Å². The first-order valence-electron chi connectivity index (χ1n) is 5.10. The Labute approximate surface area is 103 Å². The fraction of sp³-hybridized carbons (Fsp3) is 0.273. The Morgan fingerprint density at radius 3 is 3.06 bits per heavy atom. The van der Waals surface area contributed by atoms with Gasteiger partial charge in [0.1, 0.15) is 12.4 Å². The number of ether oxygens (including phenoxy) is 1. The van der Waals surface area contributed by atoms with E-state index in [4.69, 9.17) is 20.9 Å². The monoisotopic (exact) mass is 254 g/mol. The topological polar surface area (TPSA) is 68.4 Å². The molecule has 1 N–H and O–H groups in total. The molecule has 0 aliphatic heterocycles. The van der Waals surface area contributed by atoms with Crippen LogP contribution < -0.4 is 0 Å². The summed E-state index contributed by atoms with van der Waals surface area (Å²) in [6, 6.07) is 4.53. The number of hydrogen-bond acceptors (Lipinski definition) is 5. The van der Waals surface area contributed by atoms with Crippen LogP contribution in [0, 0.1) is 0 Å². The minimum atomic E-state index is 0.0916. The summed E-state index contributed by atoms with van der Waals surface area (Å²) >= 11 is 5.97. The van der Waals surface area contributed by atoms with Gasteiger partial charge >= 0.3 is 0 Å². The lowest BCUT2D eigenvalue weighted by molar-refractivity contribution is 0.126. The van der Waals surface area contributed by atoms with Crippen LogP contribution in [0.25, 0.3) is 11.5 Å². The maximum Gasteiger partial charge on any atom is 0.259 e. The average molecular weight is 255 g/mol. The fourth-order valence-electron chi connectivity index (χ4n) is 1.29. The van der Waals surface area contributed by atoms with Crippen LogP contribution in [-0.2, 0) is 11.3 Å². The molecule has 0 unspecified atom stereocenters. The lowest BCUT2D eigenvalue weighted by atomic mass is 10.2. The summed E-state index contributed by atoms with van der Waals surface area (Å²) in [6.45, 7) is 2.75. The minimum absolute atomic E-state index is 0.0916. The molecule has 17 heavy (non-hydrogen) atoms. The zero-order valence-corrected chi connectivity index (χ0v) is 9.94. The molecule has 0 fully saturated rings. The van der Waals surface area contributed by atoms with Crippen LogP contribution in [0.2, 0.25) is 5.02 Å². The maximum atomic E-state index is 9.37. The molecule has 6 heteroatoms. The number of aromatic hydroxyl groups is 1.